The molecule has 0 unspecified atom stereocenters. The quantitative estimate of drug-likeness (QED) is 0.150. The van der Waals surface area contributed by atoms with Gasteiger partial charge in [-0.05, 0) is 50.0 Å². The molecule has 1 heterocycles. The van der Waals surface area contributed by atoms with Gasteiger partial charge in [0.05, 0.1) is 23.5 Å². The molecular formula is C23H19BrN4O3S3. The minimum atomic E-state index is -0.258. The standard InChI is InChI=1S/C23H19BrN4O3S3/c1-31-19-10-14(9-18(24)21(19)30)11-25-26-20(29)13-33-23-28-27-22(34-23)32-12-16-7-4-6-15-5-2-3-8-17(15)16/h2-11,30H,12-13H2,1H3,(H,26,29). The second-order valence-electron chi connectivity index (χ2n) is 6.90. The fourth-order valence-corrected chi connectivity index (χ4v) is 6.31. The van der Waals surface area contributed by atoms with Crippen molar-refractivity contribution in [1.29, 1.82) is 0 Å². The lowest BCUT2D eigenvalue weighted by molar-refractivity contribution is -0.118. The molecule has 1 amide bonds. The summed E-state index contributed by atoms with van der Waals surface area (Å²) in [6.45, 7) is 0. The Kier molecular flexibility index (Phi) is 8.44. The number of nitrogens with one attached hydrogen (secondary N) is 1. The van der Waals surface area contributed by atoms with E-state index in [4.69, 9.17) is 4.74 Å². The summed E-state index contributed by atoms with van der Waals surface area (Å²) in [7, 11) is 1.46. The highest BCUT2D eigenvalue weighted by Crippen LogP contribution is 2.35. The summed E-state index contributed by atoms with van der Waals surface area (Å²) in [4.78, 5) is 12.1. The summed E-state index contributed by atoms with van der Waals surface area (Å²) in [6, 6.07) is 17.9. The molecule has 0 fully saturated rings. The number of aromatic nitrogens is 2. The number of phenolic OH excluding ortho intramolecular Hbond substituents is 1. The Hall–Kier alpha value is -2.60. The summed E-state index contributed by atoms with van der Waals surface area (Å²) in [5, 5.41) is 24.7. The molecule has 1 aromatic heterocycles. The van der Waals surface area contributed by atoms with Gasteiger partial charge in [-0.2, -0.15) is 5.10 Å². The van der Waals surface area contributed by atoms with Gasteiger partial charge in [0.15, 0.2) is 20.2 Å². The maximum atomic E-state index is 12.1. The number of fused-ring (bicyclic) bond motifs is 1. The smallest absolute Gasteiger partial charge is 0.250 e. The van der Waals surface area contributed by atoms with Crippen LogP contribution in [-0.4, -0.2) is 40.3 Å². The monoisotopic (exact) mass is 574 g/mol. The van der Waals surface area contributed by atoms with Crippen LogP contribution in [0.2, 0.25) is 0 Å². The summed E-state index contributed by atoms with van der Waals surface area (Å²) in [5.41, 5.74) is 4.40. The molecule has 0 aliphatic carbocycles. The molecular weight excluding hydrogens is 556 g/mol. The number of ether oxygens (including phenoxy) is 1. The molecule has 3 aromatic carbocycles. The van der Waals surface area contributed by atoms with Crippen LogP contribution in [0.4, 0.5) is 0 Å². The van der Waals surface area contributed by atoms with Crippen molar-refractivity contribution < 1.29 is 14.6 Å². The number of hydrogen-bond acceptors (Lipinski definition) is 9. The number of amides is 1. The Labute approximate surface area is 217 Å². The third-order valence-corrected chi connectivity index (χ3v) is 8.46. The molecule has 2 N–H and O–H groups in total. The first kappa shape index (κ1) is 24.5. The van der Waals surface area contributed by atoms with Gasteiger partial charge in [0.25, 0.3) is 5.91 Å². The van der Waals surface area contributed by atoms with Gasteiger partial charge >= 0.3 is 0 Å². The Bertz CT molecular complexity index is 1340. The molecule has 0 saturated heterocycles. The summed E-state index contributed by atoms with van der Waals surface area (Å²) in [5.74, 6) is 1.03. The highest BCUT2D eigenvalue weighted by atomic mass is 79.9. The number of hydrogen-bond donors (Lipinski definition) is 2. The first-order chi connectivity index (χ1) is 16.5. The van der Waals surface area contributed by atoms with Crippen molar-refractivity contribution in [2.75, 3.05) is 12.9 Å². The summed E-state index contributed by atoms with van der Waals surface area (Å²) in [6.07, 6.45) is 1.47. The highest BCUT2D eigenvalue weighted by Gasteiger charge is 2.10. The lowest BCUT2D eigenvalue weighted by Gasteiger charge is -2.06. The number of nitrogens with zero attached hydrogens (tertiary/aromatic N) is 3. The zero-order valence-corrected chi connectivity index (χ0v) is 21.9. The molecule has 7 nitrogen and oxygen atoms in total. The Morgan fingerprint density at radius 2 is 1.94 bits per heavy atom. The van der Waals surface area contributed by atoms with Gasteiger partial charge in [0.1, 0.15) is 0 Å². The predicted molar refractivity (Wildman–Crippen MR) is 142 cm³/mol. The molecule has 0 saturated carbocycles. The number of carbonyl (C=O) groups excluding carboxylic acids is 1. The first-order valence-corrected chi connectivity index (χ1v) is 13.6. The van der Waals surface area contributed by atoms with Crippen molar-refractivity contribution in [2.24, 2.45) is 5.10 Å². The third kappa shape index (κ3) is 6.29. The van der Waals surface area contributed by atoms with Crippen LogP contribution in [0.15, 0.2) is 72.9 Å². The van der Waals surface area contributed by atoms with Crippen molar-refractivity contribution in [1.82, 2.24) is 15.6 Å². The molecule has 0 aliphatic heterocycles. The van der Waals surface area contributed by atoms with Crippen LogP contribution in [0.1, 0.15) is 11.1 Å². The number of hydrazone groups is 1. The van der Waals surface area contributed by atoms with Gasteiger partial charge < -0.3 is 9.84 Å². The van der Waals surface area contributed by atoms with Crippen LogP contribution in [0.3, 0.4) is 0 Å². The van der Waals surface area contributed by atoms with Gasteiger partial charge in [0, 0.05) is 5.75 Å². The lowest BCUT2D eigenvalue weighted by Crippen LogP contribution is -2.19. The molecule has 0 atom stereocenters. The predicted octanol–water partition coefficient (Wildman–Crippen LogP) is 5.70. The molecule has 34 heavy (non-hydrogen) atoms. The normalized spacial score (nSPS) is 11.2. The zero-order valence-electron chi connectivity index (χ0n) is 17.9. The third-order valence-electron chi connectivity index (χ3n) is 4.62. The van der Waals surface area contributed by atoms with Gasteiger partial charge in [-0.3, -0.25) is 4.79 Å². The van der Waals surface area contributed by atoms with Crippen molar-refractivity contribution in [3.05, 3.63) is 70.2 Å². The number of carbonyl (C=O) groups is 1. The van der Waals surface area contributed by atoms with Gasteiger partial charge in [-0.15, -0.1) is 10.2 Å². The van der Waals surface area contributed by atoms with Crippen molar-refractivity contribution in [2.45, 2.75) is 14.4 Å². The number of methoxy groups -OCH3 is 1. The Morgan fingerprint density at radius 3 is 2.76 bits per heavy atom. The molecule has 0 radical (unpaired) electrons. The summed E-state index contributed by atoms with van der Waals surface area (Å²) < 4.78 is 7.16. The van der Waals surface area contributed by atoms with Crippen LogP contribution >= 0.6 is 50.8 Å². The maximum absolute atomic E-state index is 12.1. The average molecular weight is 576 g/mol. The SMILES string of the molecule is COc1cc(C=NNC(=O)CSc2nnc(SCc3cccc4ccccc34)s2)cc(Br)c1O. The van der Waals surface area contributed by atoms with Crippen LogP contribution in [-0.2, 0) is 10.5 Å². The van der Waals surface area contributed by atoms with E-state index < -0.39 is 0 Å². The van der Waals surface area contributed by atoms with E-state index >= 15 is 0 Å². The van der Waals surface area contributed by atoms with E-state index in [-0.39, 0.29) is 17.4 Å². The van der Waals surface area contributed by atoms with Gasteiger partial charge in [-0.1, -0.05) is 77.3 Å². The van der Waals surface area contributed by atoms with E-state index in [0.29, 0.717) is 15.8 Å². The lowest BCUT2D eigenvalue weighted by atomic mass is 10.1. The summed E-state index contributed by atoms with van der Waals surface area (Å²) >= 11 is 7.67. The van der Waals surface area contributed by atoms with Crippen molar-refractivity contribution in [3.8, 4) is 11.5 Å². The first-order valence-electron chi connectivity index (χ1n) is 9.97. The average Bonchev–Trinajstić information content (AvgIpc) is 3.31. The molecule has 0 aliphatic rings. The second kappa shape index (κ2) is 11.7. The van der Waals surface area contributed by atoms with E-state index in [9.17, 15) is 9.90 Å². The molecule has 0 spiro atoms. The van der Waals surface area contributed by atoms with E-state index in [1.165, 1.54) is 52.8 Å². The van der Waals surface area contributed by atoms with Gasteiger partial charge in [0.2, 0.25) is 0 Å². The fourth-order valence-electron chi connectivity index (χ4n) is 3.03. The van der Waals surface area contributed by atoms with E-state index in [1.54, 1.807) is 23.9 Å². The molecule has 0 bridgehead atoms. The molecule has 11 heteroatoms. The highest BCUT2D eigenvalue weighted by molar-refractivity contribution is 9.10. The van der Waals surface area contributed by atoms with E-state index in [0.717, 1.165) is 14.4 Å². The van der Waals surface area contributed by atoms with Crippen LogP contribution in [0.5, 0.6) is 11.5 Å². The number of halogens is 1. The number of thioether (sulfide) groups is 2. The van der Waals surface area contributed by atoms with Crippen molar-refractivity contribution in [3.63, 3.8) is 0 Å². The molecule has 4 aromatic rings. The number of phenols is 1. The van der Waals surface area contributed by atoms with E-state index in [1.807, 2.05) is 12.1 Å². The largest absolute Gasteiger partial charge is 0.503 e. The second-order valence-corrected chi connectivity index (χ2v) is 11.2. The number of benzene rings is 3. The van der Waals surface area contributed by atoms with E-state index in [2.05, 4.69) is 67.0 Å². The number of rotatable bonds is 9. The minimum absolute atomic E-state index is 0.00629. The van der Waals surface area contributed by atoms with Crippen LogP contribution < -0.4 is 10.2 Å². The van der Waals surface area contributed by atoms with Crippen LogP contribution in [0.25, 0.3) is 10.8 Å². The Morgan fingerprint density at radius 1 is 1.18 bits per heavy atom. The fraction of sp³-hybridized carbons (Fsp3) is 0.130. The maximum Gasteiger partial charge on any atom is 0.250 e. The van der Waals surface area contributed by atoms with Crippen LogP contribution in [0, 0.1) is 0 Å². The zero-order chi connectivity index (χ0) is 23.9. The van der Waals surface area contributed by atoms with Gasteiger partial charge in [-0.25, -0.2) is 5.43 Å². The van der Waals surface area contributed by atoms with Crippen molar-refractivity contribution >= 4 is 73.7 Å². The molecule has 174 valence electrons. The topological polar surface area (TPSA) is 96.7 Å². The minimum Gasteiger partial charge on any atom is -0.503 e. The molecule has 4 rings (SSSR count). The number of aromatic hydroxyl groups is 1. The Balaban J connectivity index is 1.26.